The summed E-state index contributed by atoms with van der Waals surface area (Å²) in [6.45, 7) is 2.34. The summed E-state index contributed by atoms with van der Waals surface area (Å²) in [4.78, 5) is 27.3. The number of carbonyl (C=O) groups is 1. The number of nitriles is 1. The first-order chi connectivity index (χ1) is 16.0. The van der Waals surface area contributed by atoms with Gasteiger partial charge in [-0.15, -0.1) is 0 Å². The summed E-state index contributed by atoms with van der Waals surface area (Å²) < 4.78 is 5.72. The highest BCUT2D eigenvalue weighted by Gasteiger charge is 2.24. The number of nitrogens with zero attached hydrogens (tertiary/aromatic N) is 4. The predicted octanol–water partition coefficient (Wildman–Crippen LogP) is 4.76. The predicted molar refractivity (Wildman–Crippen MR) is 125 cm³/mol. The molecule has 2 heterocycles. The van der Waals surface area contributed by atoms with Gasteiger partial charge in [-0.1, -0.05) is 29.8 Å². The van der Waals surface area contributed by atoms with Gasteiger partial charge in [-0.3, -0.25) is 14.9 Å². The molecule has 0 radical (unpaired) electrons. The zero-order chi connectivity index (χ0) is 23.4. The van der Waals surface area contributed by atoms with Crippen LogP contribution < -0.4 is 4.90 Å². The van der Waals surface area contributed by atoms with Crippen LogP contribution in [0.15, 0.2) is 70.7 Å². The zero-order valence-corrected chi connectivity index (χ0v) is 18.2. The van der Waals surface area contributed by atoms with Crippen molar-refractivity contribution in [2.24, 2.45) is 0 Å². The number of hydrogen-bond acceptors (Lipinski definition) is 6. The minimum Gasteiger partial charge on any atom is -0.457 e. The molecule has 1 aliphatic rings. The molecule has 3 aromatic rings. The third-order valence-corrected chi connectivity index (χ3v) is 5.71. The fraction of sp³-hybridized carbons (Fsp3) is 0.167. The lowest BCUT2D eigenvalue weighted by Gasteiger charge is -2.36. The molecule has 1 saturated heterocycles. The average Bonchev–Trinajstić information content (AvgIpc) is 3.31. The van der Waals surface area contributed by atoms with Crippen LogP contribution in [-0.4, -0.2) is 41.9 Å². The normalized spacial score (nSPS) is 14.1. The summed E-state index contributed by atoms with van der Waals surface area (Å²) in [5.41, 5.74) is 1.29. The molecule has 8 nitrogen and oxygen atoms in total. The fourth-order valence-corrected chi connectivity index (χ4v) is 3.86. The van der Waals surface area contributed by atoms with Gasteiger partial charge in [0.05, 0.1) is 9.95 Å². The quantitative estimate of drug-likeness (QED) is 0.234. The van der Waals surface area contributed by atoms with Crippen molar-refractivity contribution in [3.05, 3.63) is 87.1 Å². The van der Waals surface area contributed by atoms with Crippen LogP contribution in [0.2, 0.25) is 5.02 Å². The number of amides is 1. The van der Waals surface area contributed by atoms with Crippen LogP contribution in [0.5, 0.6) is 0 Å². The molecule has 2 aromatic carbocycles. The van der Waals surface area contributed by atoms with Gasteiger partial charge in [0, 0.05) is 55.6 Å². The van der Waals surface area contributed by atoms with Crippen molar-refractivity contribution in [1.82, 2.24) is 4.90 Å². The summed E-state index contributed by atoms with van der Waals surface area (Å²) in [5.74, 6) is 0.216. The van der Waals surface area contributed by atoms with Crippen LogP contribution in [0.25, 0.3) is 17.4 Å². The molecule has 1 aromatic heterocycles. The lowest BCUT2D eigenvalue weighted by Crippen LogP contribution is -2.49. The Morgan fingerprint density at radius 2 is 1.82 bits per heavy atom. The Morgan fingerprint density at radius 3 is 2.48 bits per heavy atom. The highest BCUT2D eigenvalue weighted by atomic mass is 35.5. The van der Waals surface area contributed by atoms with Crippen LogP contribution in [0, 0.1) is 21.4 Å². The number of nitro benzene ring substituents is 1. The molecule has 4 rings (SSSR count). The van der Waals surface area contributed by atoms with E-state index in [2.05, 4.69) is 4.90 Å². The number of para-hydroxylation sites is 1. The molecule has 166 valence electrons. The monoisotopic (exact) mass is 462 g/mol. The number of benzene rings is 2. The van der Waals surface area contributed by atoms with Gasteiger partial charge in [0.15, 0.2) is 0 Å². The molecule has 0 aliphatic carbocycles. The molecule has 1 amide bonds. The van der Waals surface area contributed by atoms with Crippen molar-refractivity contribution in [3.8, 4) is 17.4 Å². The maximum atomic E-state index is 12.9. The van der Waals surface area contributed by atoms with Gasteiger partial charge in [-0.05, 0) is 30.3 Å². The van der Waals surface area contributed by atoms with Gasteiger partial charge in [0.2, 0.25) is 0 Å². The Labute approximate surface area is 195 Å². The molecule has 9 heteroatoms. The maximum absolute atomic E-state index is 12.9. The Balaban J connectivity index is 1.48. The Morgan fingerprint density at radius 1 is 1.09 bits per heavy atom. The Bertz CT molecular complexity index is 1250. The zero-order valence-electron chi connectivity index (χ0n) is 17.5. The van der Waals surface area contributed by atoms with E-state index < -0.39 is 4.92 Å². The number of piperazine rings is 1. The number of non-ortho nitro benzene ring substituents is 1. The fourth-order valence-electron chi connectivity index (χ4n) is 3.65. The molecule has 1 fully saturated rings. The summed E-state index contributed by atoms with van der Waals surface area (Å²) in [5, 5.41) is 20.9. The number of hydrogen-bond donors (Lipinski definition) is 0. The molecule has 0 atom stereocenters. The van der Waals surface area contributed by atoms with Crippen molar-refractivity contribution >= 4 is 35.0 Å². The smallest absolute Gasteiger partial charge is 0.270 e. The van der Waals surface area contributed by atoms with Crippen molar-refractivity contribution in [3.63, 3.8) is 0 Å². The van der Waals surface area contributed by atoms with E-state index in [1.807, 2.05) is 36.4 Å². The number of carbonyl (C=O) groups excluding carboxylic acids is 1. The third-order valence-electron chi connectivity index (χ3n) is 5.38. The SMILES string of the molecule is N#C/C(=C/c1ccc(-c2cc([N+](=O)[O-])ccc2Cl)o1)C(=O)N1CCN(c2ccccc2)CC1. The van der Waals surface area contributed by atoms with Crippen molar-refractivity contribution in [2.75, 3.05) is 31.1 Å². The second-order valence-electron chi connectivity index (χ2n) is 7.41. The molecule has 33 heavy (non-hydrogen) atoms. The van der Waals surface area contributed by atoms with Crippen LogP contribution in [-0.2, 0) is 4.79 Å². The molecule has 0 unspecified atom stereocenters. The average molecular weight is 463 g/mol. The van der Waals surface area contributed by atoms with E-state index in [0.29, 0.717) is 42.5 Å². The van der Waals surface area contributed by atoms with Crippen LogP contribution in [0.1, 0.15) is 5.76 Å². The summed E-state index contributed by atoms with van der Waals surface area (Å²) in [7, 11) is 0. The first-order valence-corrected chi connectivity index (χ1v) is 10.6. The van der Waals surface area contributed by atoms with E-state index in [4.69, 9.17) is 16.0 Å². The number of nitro groups is 1. The second-order valence-corrected chi connectivity index (χ2v) is 7.82. The molecular formula is C24H19ClN4O4. The van der Waals surface area contributed by atoms with Gasteiger partial charge in [-0.2, -0.15) is 5.26 Å². The molecule has 0 bridgehead atoms. The molecular weight excluding hydrogens is 444 g/mol. The number of furan rings is 1. The van der Waals surface area contributed by atoms with Crippen LogP contribution >= 0.6 is 11.6 Å². The van der Waals surface area contributed by atoms with Gasteiger partial charge >= 0.3 is 0 Å². The van der Waals surface area contributed by atoms with E-state index in [1.165, 1.54) is 24.3 Å². The summed E-state index contributed by atoms with van der Waals surface area (Å²) in [6.07, 6.45) is 1.38. The van der Waals surface area contributed by atoms with Gasteiger partial charge in [0.1, 0.15) is 23.2 Å². The molecule has 0 saturated carbocycles. The largest absolute Gasteiger partial charge is 0.457 e. The summed E-state index contributed by atoms with van der Waals surface area (Å²) in [6, 6.07) is 19.1. The maximum Gasteiger partial charge on any atom is 0.270 e. The van der Waals surface area contributed by atoms with Crippen molar-refractivity contribution < 1.29 is 14.1 Å². The Kier molecular flexibility index (Phi) is 6.43. The lowest BCUT2D eigenvalue weighted by atomic mass is 10.1. The first-order valence-electron chi connectivity index (χ1n) is 10.2. The molecule has 0 spiro atoms. The van der Waals surface area contributed by atoms with Gasteiger partial charge in [-0.25, -0.2) is 0 Å². The molecule has 0 N–H and O–H groups in total. The standard InChI is InChI=1S/C24H19ClN4O4/c25-22-8-6-19(29(31)32)15-21(22)23-9-7-20(33-23)14-17(16-26)24(30)28-12-10-27(11-13-28)18-4-2-1-3-5-18/h1-9,14-15H,10-13H2/b17-14-. The highest BCUT2D eigenvalue weighted by molar-refractivity contribution is 6.33. The van der Waals surface area contributed by atoms with Crippen LogP contribution in [0.3, 0.4) is 0 Å². The first kappa shape index (κ1) is 22.1. The van der Waals surface area contributed by atoms with Gasteiger partial charge < -0.3 is 14.2 Å². The number of halogens is 1. The van der Waals surface area contributed by atoms with Crippen molar-refractivity contribution in [2.45, 2.75) is 0 Å². The van der Waals surface area contributed by atoms with Crippen molar-refractivity contribution in [1.29, 1.82) is 5.26 Å². The van der Waals surface area contributed by atoms with Crippen LogP contribution in [0.4, 0.5) is 11.4 Å². The summed E-state index contributed by atoms with van der Waals surface area (Å²) >= 11 is 6.17. The third kappa shape index (κ3) is 4.89. The Hall–Kier alpha value is -4.09. The van der Waals surface area contributed by atoms with Gasteiger partial charge in [0.25, 0.3) is 11.6 Å². The second kappa shape index (κ2) is 9.59. The number of rotatable bonds is 5. The van der Waals surface area contributed by atoms with E-state index in [0.717, 1.165) is 5.69 Å². The number of anilines is 1. The van der Waals surface area contributed by atoms with E-state index >= 15 is 0 Å². The van der Waals surface area contributed by atoms with E-state index in [1.54, 1.807) is 17.0 Å². The highest BCUT2D eigenvalue weighted by Crippen LogP contribution is 2.33. The minimum atomic E-state index is -0.520. The van der Waals surface area contributed by atoms with E-state index in [9.17, 15) is 20.2 Å². The topological polar surface area (TPSA) is 104 Å². The van der Waals surface area contributed by atoms with E-state index in [-0.39, 0.29) is 22.9 Å². The lowest BCUT2D eigenvalue weighted by molar-refractivity contribution is -0.384. The molecule has 1 aliphatic heterocycles. The minimum absolute atomic E-state index is 0.0470.